The van der Waals surface area contributed by atoms with E-state index in [1.165, 1.54) is 6.07 Å². The number of aromatic nitrogens is 2. The molecule has 0 saturated carbocycles. The zero-order valence-electron chi connectivity index (χ0n) is 10.9. The predicted molar refractivity (Wildman–Crippen MR) is 74.5 cm³/mol. The van der Waals surface area contributed by atoms with Crippen molar-refractivity contribution < 1.29 is 4.39 Å². The zero-order chi connectivity index (χ0) is 13.4. The fourth-order valence-electron chi connectivity index (χ4n) is 2.64. The Kier molecular flexibility index (Phi) is 2.89. The van der Waals surface area contributed by atoms with Gasteiger partial charge in [-0.05, 0) is 25.0 Å². The average Bonchev–Trinajstić information content (AvgIpc) is 3.02. The van der Waals surface area contributed by atoms with Crippen molar-refractivity contribution in [1.29, 1.82) is 0 Å². The molecule has 0 atom stereocenters. The molecule has 0 radical (unpaired) electrons. The molecule has 2 N–H and O–H groups in total. The van der Waals surface area contributed by atoms with Crippen LogP contribution in [0.2, 0.25) is 0 Å². The standard InChI is InChI=1S/C14H17FN4/c1-18-14(16)10(9-17-18)13-11(15)5-4-6-12(13)19-7-2-3-8-19/h4-6,9H,2-3,7-8,16H2,1H3. The SMILES string of the molecule is Cn1ncc(-c2c(F)cccc2N2CCCC2)c1N. The average molecular weight is 260 g/mol. The molecule has 5 heteroatoms. The van der Waals surface area contributed by atoms with Crippen LogP contribution in [0.1, 0.15) is 12.8 Å². The summed E-state index contributed by atoms with van der Waals surface area (Å²) >= 11 is 0. The second kappa shape index (κ2) is 4.57. The minimum atomic E-state index is -0.246. The monoisotopic (exact) mass is 260 g/mol. The number of nitrogen functional groups attached to an aromatic ring is 1. The first kappa shape index (κ1) is 12.0. The second-order valence-corrected chi connectivity index (χ2v) is 4.90. The smallest absolute Gasteiger partial charge is 0.133 e. The highest BCUT2D eigenvalue weighted by molar-refractivity contribution is 5.84. The van der Waals surface area contributed by atoms with Gasteiger partial charge in [0.05, 0.1) is 6.20 Å². The fourth-order valence-corrected chi connectivity index (χ4v) is 2.64. The number of nitrogens with two attached hydrogens (primary N) is 1. The maximum Gasteiger partial charge on any atom is 0.133 e. The van der Waals surface area contributed by atoms with E-state index in [4.69, 9.17) is 5.73 Å². The summed E-state index contributed by atoms with van der Waals surface area (Å²) < 4.78 is 15.8. The molecule has 2 aromatic rings. The summed E-state index contributed by atoms with van der Waals surface area (Å²) in [6.07, 6.45) is 3.93. The molecule has 1 saturated heterocycles. The number of hydrogen-bond acceptors (Lipinski definition) is 3. The number of nitrogens with zero attached hydrogens (tertiary/aromatic N) is 3. The Hall–Kier alpha value is -2.04. The molecule has 2 heterocycles. The molecule has 0 aliphatic carbocycles. The van der Waals surface area contributed by atoms with E-state index in [1.54, 1.807) is 24.0 Å². The molecule has 1 aliphatic heterocycles. The largest absolute Gasteiger partial charge is 0.383 e. The molecule has 100 valence electrons. The maximum atomic E-state index is 14.3. The van der Waals surface area contributed by atoms with Crippen LogP contribution in [0.25, 0.3) is 11.1 Å². The molecule has 1 aromatic carbocycles. The van der Waals surface area contributed by atoms with Crippen molar-refractivity contribution in [1.82, 2.24) is 9.78 Å². The van der Waals surface area contributed by atoms with Gasteiger partial charge < -0.3 is 10.6 Å². The van der Waals surface area contributed by atoms with Crippen LogP contribution in [0, 0.1) is 5.82 Å². The van der Waals surface area contributed by atoms with Gasteiger partial charge in [-0.25, -0.2) is 4.39 Å². The second-order valence-electron chi connectivity index (χ2n) is 4.90. The zero-order valence-corrected chi connectivity index (χ0v) is 10.9. The van der Waals surface area contributed by atoms with Crippen molar-refractivity contribution in [2.45, 2.75) is 12.8 Å². The Morgan fingerprint density at radius 3 is 2.63 bits per heavy atom. The van der Waals surface area contributed by atoms with Gasteiger partial charge in [0.25, 0.3) is 0 Å². The van der Waals surface area contributed by atoms with Gasteiger partial charge in [-0.1, -0.05) is 6.07 Å². The molecule has 0 unspecified atom stereocenters. The van der Waals surface area contributed by atoms with Gasteiger partial charge in [-0.15, -0.1) is 0 Å². The topological polar surface area (TPSA) is 47.1 Å². The van der Waals surface area contributed by atoms with Gasteiger partial charge in [0.1, 0.15) is 11.6 Å². The highest BCUT2D eigenvalue weighted by atomic mass is 19.1. The molecule has 19 heavy (non-hydrogen) atoms. The summed E-state index contributed by atoms with van der Waals surface area (Å²) in [6, 6.07) is 5.18. The summed E-state index contributed by atoms with van der Waals surface area (Å²) in [7, 11) is 1.76. The molecular formula is C14H17FN4. The van der Waals surface area contributed by atoms with E-state index in [9.17, 15) is 4.39 Å². The summed E-state index contributed by atoms with van der Waals surface area (Å²) in [4.78, 5) is 2.21. The van der Waals surface area contributed by atoms with Crippen molar-refractivity contribution in [2.75, 3.05) is 23.7 Å². The van der Waals surface area contributed by atoms with Gasteiger partial charge in [0, 0.05) is 37.0 Å². The molecule has 4 nitrogen and oxygen atoms in total. The molecule has 0 bridgehead atoms. The molecule has 0 amide bonds. The number of benzene rings is 1. The number of hydrogen-bond donors (Lipinski definition) is 1. The Morgan fingerprint density at radius 2 is 2.00 bits per heavy atom. The van der Waals surface area contributed by atoms with Gasteiger partial charge in [0.15, 0.2) is 0 Å². The van der Waals surface area contributed by atoms with Crippen LogP contribution < -0.4 is 10.6 Å². The van der Waals surface area contributed by atoms with Crippen LogP contribution in [0.15, 0.2) is 24.4 Å². The summed E-state index contributed by atoms with van der Waals surface area (Å²) in [5.74, 6) is 0.245. The van der Waals surface area contributed by atoms with Gasteiger partial charge >= 0.3 is 0 Å². The molecule has 0 spiro atoms. The van der Waals surface area contributed by atoms with E-state index in [1.807, 2.05) is 6.07 Å². The van der Waals surface area contributed by atoms with Crippen LogP contribution in [0.4, 0.5) is 15.9 Å². The number of aryl methyl sites for hydroxylation is 1. The Bertz CT molecular complexity index is 599. The lowest BCUT2D eigenvalue weighted by Crippen LogP contribution is -2.19. The number of rotatable bonds is 2. The lowest BCUT2D eigenvalue weighted by Gasteiger charge is -2.21. The Morgan fingerprint density at radius 1 is 1.26 bits per heavy atom. The Labute approximate surface area is 111 Å². The lowest BCUT2D eigenvalue weighted by molar-refractivity contribution is 0.631. The van der Waals surface area contributed by atoms with Crippen molar-refractivity contribution in [3.8, 4) is 11.1 Å². The minimum absolute atomic E-state index is 0.246. The van der Waals surface area contributed by atoms with Crippen LogP contribution in [0.5, 0.6) is 0 Å². The van der Waals surface area contributed by atoms with E-state index in [2.05, 4.69) is 10.00 Å². The normalized spacial score (nSPS) is 15.2. The first-order chi connectivity index (χ1) is 9.18. The molecule has 1 aromatic heterocycles. The van der Waals surface area contributed by atoms with E-state index in [0.717, 1.165) is 31.6 Å². The number of halogens is 1. The molecule has 1 aliphatic rings. The number of anilines is 2. The molecule has 1 fully saturated rings. The van der Waals surface area contributed by atoms with Crippen molar-refractivity contribution in [2.24, 2.45) is 7.05 Å². The van der Waals surface area contributed by atoms with Gasteiger partial charge in [-0.3, -0.25) is 4.68 Å². The summed E-state index contributed by atoms with van der Waals surface area (Å²) in [6.45, 7) is 1.94. The minimum Gasteiger partial charge on any atom is -0.383 e. The predicted octanol–water partition coefficient (Wildman–Crippen LogP) is 2.41. The first-order valence-electron chi connectivity index (χ1n) is 6.50. The van der Waals surface area contributed by atoms with E-state index >= 15 is 0 Å². The molecular weight excluding hydrogens is 243 g/mol. The van der Waals surface area contributed by atoms with Crippen molar-refractivity contribution in [3.05, 3.63) is 30.2 Å². The van der Waals surface area contributed by atoms with E-state index in [0.29, 0.717) is 16.9 Å². The fraction of sp³-hybridized carbons (Fsp3) is 0.357. The summed E-state index contributed by atoms with van der Waals surface area (Å²) in [5.41, 5.74) is 8.13. The van der Waals surface area contributed by atoms with Crippen LogP contribution >= 0.6 is 0 Å². The Balaban J connectivity index is 2.16. The highest BCUT2D eigenvalue weighted by Gasteiger charge is 2.21. The first-order valence-corrected chi connectivity index (χ1v) is 6.50. The van der Waals surface area contributed by atoms with Gasteiger partial charge in [0.2, 0.25) is 0 Å². The van der Waals surface area contributed by atoms with Crippen molar-refractivity contribution in [3.63, 3.8) is 0 Å². The van der Waals surface area contributed by atoms with Crippen LogP contribution in [0.3, 0.4) is 0 Å². The third-order valence-corrected chi connectivity index (χ3v) is 3.69. The quantitative estimate of drug-likeness (QED) is 0.902. The maximum absolute atomic E-state index is 14.3. The van der Waals surface area contributed by atoms with E-state index in [-0.39, 0.29) is 5.82 Å². The third kappa shape index (κ3) is 1.95. The molecule has 3 rings (SSSR count). The lowest BCUT2D eigenvalue weighted by atomic mass is 10.0. The van der Waals surface area contributed by atoms with Crippen LogP contribution in [-0.2, 0) is 7.05 Å². The van der Waals surface area contributed by atoms with Crippen molar-refractivity contribution >= 4 is 11.5 Å². The third-order valence-electron chi connectivity index (χ3n) is 3.69. The van der Waals surface area contributed by atoms with Crippen LogP contribution in [-0.4, -0.2) is 22.9 Å². The highest BCUT2D eigenvalue weighted by Crippen LogP contribution is 2.37. The van der Waals surface area contributed by atoms with Gasteiger partial charge in [-0.2, -0.15) is 5.10 Å². The van der Waals surface area contributed by atoms with E-state index < -0.39 is 0 Å². The summed E-state index contributed by atoms with van der Waals surface area (Å²) in [5, 5.41) is 4.11.